The van der Waals surface area contributed by atoms with Crippen molar-refractivity contribution in [2.45, 2.75) is 32.1 Å². The molecule has 2 heteroatoms. The van der Waals surface area contributed by atoms with Gasteiger partial charge >= 0.3 is 0 Å². The van der Waals surface area contributed by atoms with Gasteiger partial charge in [0.1, 0.15) is 5.82 Å². The lowest BCUT2D eigenvalue weighted by Crippen LogP contribution is -2.16. The van der Waals surface area contributed by atoms with E-state index in [1.807, 2.05) is 6.07 Å². The summed E-state index contributed by atoms with van der Waals surface area (Å²) in [6.07, 6.45) is 5.33. The third kappa shape index (κ3) is 2.37. The number of halogens is 1. The monoisotopic (exact) mass is 207 g/mol. The van der Waals surface area contributed by atoms with Gasteiger partial charge in [-0.3, -0.25) is 0 Å². The molecule has 0 aliphatic heterocycles. The van der Waals surface area contributed by atoms with Crippen LogP contribution in [0.1, 0.15) is 30.4 Å². The largest absolute Gasteiger partial charge is 0.330 e. The van der Waals surface area contributed by atoms with Crippen LogP contribution in [0.25, 0.3) is 0 Å². The number of benzene rings is 1. The van der Waals surface area contributed by atoms with Crippen LogP contribution in [0.15, 0.2) is 18.2 Å². The number of hydrogen-bond donors (Lipinski definition) is 1. The minimum Gasteiger partial charge on any atom is -0.330 e. The molecule has 0 aromatic heterocycles. The molecule has 1 unspecified atom stereocenters. The molecule has 1 nitrogen and oxygen atoms in total. The first kappa shape index (κ1) is 10.6. The molecule has 0 fully saturated rings. The molecule has 15 heavy (non-hydrogen) atoms. The summed E-state index contributed by atoms with van der Waals surface area (Å²) in [7, 11) is 0. The number of nitrogens with two attached hydrogens (primary N) is 1. The van der Waals surface area contributed by atoms with E-state index in [0.29, 0.717) is 5.92 Å². The zero-order valence-corrected chi connectivity index (χ0v) is 9.01. The molecule has 2 N–H and O–H groups in total. The highest BCUT2D eigenvalue weighted by atomic mass is 19.1. The fraction of sp³-hybridized carbons (Fsp3) is 0.538. The summed E-state index contributed by atoms with van der Waals surface area (Å²) in [5.41, 5.74) is 7.66. The molecular formula is C13H18FN. The van der Waals surface area contributed by atoms with Crippen LogP contribution >= 0.6 is 0 Å². The van der Waals surface area contributed by atoms with E-state index < -0.39 is 0 Å². The van der Waals surface area contributed by atoms with E-state index in [4.69, 9.17) is 5.73 Å². The van der Waals surface area contributed by atoms with E-state index in [9.17, 15) is 4.39 Å². The van der Waals surface area contributed by atoms with Crippen LogP contribution in [0, 0.1) is 11.7 Å². The zero-order chi connectivity index (χ0) is 10.7. The number of hydrogen-bond acceptors (Lipinski definition) is 1. The van der Waals surface area contributed by atoms with Gasteiger partial charge < -0.3 is 5.73 Å². The Morgan fingerprint density at radius 3 is 3.07 bits per heavy atom. The van der Waals surface area contributed by atoms with E-state index in [0.717, 1.165) is 37.8 Å². The van der Waals surface area contributed by atoms with Gasteiger partial charge in [0, 0.05) is 0 Å². The van der Waals surface area contributed by atoms with Crippen molar-refractivity contribution >= 4 is 0 Å². The molecule has 1 aliphatic rings. The van der Waals surface area contributed by atoms with E-state index in [2.05, 4.69) is 6.07 Å². The first-order valence-electron chi connectivity index (χ1n) is 5.77. The van der Waals surface area contributed by atoms with Gasteiger partial charge in [-0.25, -0.2) is 4.39 Å². The molecule has 0 saturated carbocycles. The summed E-state index contributed by atoms with van der Waals surface area (Å²) in [6.45, 7) is 0.770. The van der Waals surface area contributed by atoms with Crippen LogP contribution in [-0.2, 0) is 12.8 Å². The first-order chi connectivity index (χ1) is 7.31. The molecule has 0 heterocycles. The van der Waals surface area contributed by atoms with Crippen LogP contribution in [0.2, 0.25) is 0 Å². The highest BCUT2D eigenvalue weighted by Crippen LogP contribution is 2.29. The molecular weight excluding hydrogens is 189 g/mol. The molecule has 1 atom stereocenters. The Morgan fingerprint density at radius 2 is 2.27 bits per heavy atom. The third-order valence-electron chi connectivity index (χ3n) is 3.34. The van der Waals surface area contributed by atoms with Gasteiger partial charge in [0.25, 0.3) is 0 Å². The Bertz CT molecular complexity index is 335. The maximum Gasteiger partial charge on any atom is 0.126 e. The van der Waals surface area contributed by atoms with Crippen LogP contribution in [0.3, 0.4) is 0 Å². The Balaban J connectivity index is 2.07. The Morgan fingerprint density at radius 1 is 1.40 bits per heavy atom. The minimum atomic E-state index is -0.0234. The smallest absolute Gasteiger partial charge is 0.126 e. The van der Waals surface area contributed by atoms with Crippen LogP contribution < -0.4 is 5.73 Å². The molecule has 1 aromatic carbocycles. The van der Waals surface area contributed by atoms with Gasteiger partial charge in [0.15, 0.2) is 0 Å². The van der Waals surface area contributed by atoms with Gasteiger partial charge in [-0.05, 0) is 61.8 Å². The second kappa shape index (κ2) is 4.75. The van der Waals surface area contributed by atoms with Gasteiger partial charge in [-0.1, -0.05) is 12.1 Å². The van der Waals surface area contributed by atoms with E-state index >= 15 is 0 Å². The van der Waals surface area contributed by atoms with E-state index in [1.54, 1.807) is 6.07 Å². The predicted molar refractivity (Wildman–Crippen MR) is 60.2 cm³/mol. The maximum atomic E-state index is 13.4. The third-order valence-corrected chi connectivity index (χ3v) is 3.34. The molecule has 0 saturated heterocycles. The molecule has 0 bridgehead atoms. The predicted octanol–water partition coefficient (Wildman–Crippen LogP) is 2.67. The average molecular weight is 207 g/mol. The minimum absolute atomic E-state index is 0.0234. The fourth-order valence-electron chi connectivity index (χ4n) is 2.49. The standard InChI is InChI=1S/C13H18FN/c14-13-5-1-4-11-9-10(3-2-8-15)6-7-12(11)13/h1,4-5,10H,2-3,6-9,15H2. The molecule has 1 aromatic rings. The van der Waals surface area contributed by atoms with Crippen molar-refractivity contribution in [1.82, 2.24) is 0 Å². The molecule has 82 valence electrons. The Labute approximate surface area is 90.5 Å². The highest BCUT2D eigenvalue weighted by molar-refractivity contribution is 5.31. The fourth-order valence-corrected chi connectivity index (χ4v) is 2.49. The normalized spacial score (nSPS) is 20.0. The molecule has 0 radical (unpaired) electrons. The molecule has 0 spiro atoms. The van der Waals surface area contributed by atoms with E-state index in [-0.39, 0.29) is 5.82 Å². The van der Waals surface area contributed by atoms with Gasteiger partial charge in [0.2, 0.25) is 0 Å². The van der Waals surface area contributed by atoms with Crippen LogP contribution in [-0.4, -0.2) is 6.54 Å². The summed E-state index contributed by atoms with van der Waals surface area (Å²) in [4.78, 5) is 0. The average Bonchev–Trinajstić information content (AvgIpc) is 2.26. The van der Waals surface area contributed by atoms with Crippen molar-refractivity contribution in [3.63, 3.8) is 0 Å². The summed E-state index contributed by atoms with van der Waals surface area (Å²) in [5, 5.41) is 0. The van der Waals surface area contributed by atoms with Crippen LogP contribution in [0.4, 0.5) is 4.39 Å². The summed E-state index contributed by atoms with van der Waals surface area (Å²) in [5.74, 6) is 0.688. The van der Waals surface area contributed by atoms with Crippen molar-refractivity contribution in [2.75, 3.05) is 6.54 Å². The first-order valence-corrected chi connectivity index (χ1v) is 5.77. The summed E-state index contributed by atoms with van der Waals surface area (Å²) >= 11 is 0. The molecule has 2 rings (SSSR count). The summed E-state index contributed by atoms with van der Waals surface area (Å²) < 4.78 is 13.4. The van der Waals surface area contributed by atoms with Crippen molar-refractivity contribution in [3.8, 4) is 0 Å². The van der Waals surface area contributed by atoms with Gasteiger partial charge in [-0.15, -0.1) is 0 Å². The quantitative estimate of drug-likeness (QED) is 0.810. The number of fused-ring (bicyclic) bond motifs is 1. The zero-order valence-electron chi connectivity index (χ0n) is 9.01. The van der Waals surface area contributed by atoms with Crippen molar-refractivity contribution < 1.29 is 4.39 Å². The topological polar surface area (TPSA) is 26.0 Å². The van der Waals surface area contributed by atoms with Crippen LogP contribution in [0.5, 0.6) is 0 Å². The second-order valence-electron chi connectivity index (χ2n) is 4.42. The highest BCUT2D eigenvalue weighted by Gasteiger charge is 2.20. The Hall–Kier alpha value is -0.890. The molecule has 0 amide bonds. The number of rotatable bonds is 3. The lowest BCUT2D eigenvalue weighted by atomic mass is 9.81. The summed E-state index contributed by atoms with van der Waals surface area (Å²) in [6, 6.07) is 5.45. The van der Waals surface area contributed by atoms with Crippen molar-refractivity contribution in [2.24, 2.45) is 11.7 Å². The van der Waals surface area contributed by atoms with Crippen molar-refractivity contribution in [3.05, 3.63) is 35.1 Å². The SMILES string of the molecule is NCCCC1CCc2c(F)cccc2C1. The van der Waals surface area contributed by atoms with E-state index in [1.165, 1.54) is 12.0 Å². The maximum absolute atomic E-state index is 13.4. The Kier molecular flexibility index (Phi) is 3.37. The lowest BCUT2D eigenvalue weighted by molar-refractivity contribution is 0.410. The molecule has 1 aliphatic carbocycles. The second-order valence-corrected chi connectivity index (χ2v) is 4.42. The lowest BCUT2D eigenvalue weighted by Gasteiger charge is -2.24. The van der Waals surface area contributed by atoms with Crippen molar-refractivity contribution in [1.29, 1.82) is 0 Å². The van der Waals surface area contributed by atoms with Gasteiger partial charge in [0.05, 0.1) is 0 Å². The van der Waals surface area contributed by atoms with Gasteiger partial charge in [-0.2, -0.15) is 0 Å².